The van der Waals surface area contributed by atoms with E-state index in [1.807, 2.05) is 0 Å². The van der Waals surface area contributed by atoms with Crippen molar-refractivity contribution < 1.29 is 0 Å². The van der Waals surface area contributed by atoms with Crippen LogP contribution in [0.25, 0.3) is 70.9 Å². The predicted molar refractivity (Wildman–Crippen MR) is 162 cm³/mol. The second kappa shape index (κ2) is 7.34. The highest BCUT2D eigenvalue weighted by Crippen LogP contribution is 2.44. The van der Waals surface area contributed by atoms with Gasteiger partial charge in [0.1, 0.15) is 0 Å². The summed E-state index contributed by atoms with van der Waals surface area (Å²) in [6.45, 7) is 0. The molecule has 7 aromatic carbocycles. The van der Waals surface area contributed by atoms with Crippen molar-refractivity contribution in [3.05, 3.63) is 139 Å². The molecule has 1 aliphatic carbocycles. The molecule has 1 nitrogen and oxygen atoms in total. The van der Waals surface area contributed by atoms with Gasteiger partial charge in [0.25, 0.3) is 0 Å². The summed E-state index contributed by atoms with van der Waals surface area (Å²) in [5.41, 5.74) is 9.41. The van der Waals surface area contributed by atoms with E-state index in [4.69, 9.17) is 0 Å². The lowest BCUT2D eigenvalue weighted by Gasteiger charge is -2.15. The van der Waals surface area contributed by atoms with E-state index < -0.39 is 0 Å². The summed E-state index contributed by atoms with van der Waals surface area (Å²) in [6, 6.07) is 47.1. The van der Waals surface area contributed by atoms with Crippen LogP contribution in [0.15, 0.2) is 127 Å². The van der Waals surface area contributed by atoms with Crippen LogP contribution in [0.4, 0.5) is 0 Å². The Morgan fingerprint density at radius 2 is 1.00 bits per heavy atom. The molecule has 0 saturated carbocycles. The van der Waals surface area contributed by atoms with Gasteiger partial charge < -0.3 is 4.57 Å². The van der Waals surface area contributed by atoms with Gasteiger partial charge in [-0.2, -0.15) is 0 Å². The van der Waals surface area contributed by atoms with Gasteiger partial charge in [-0.15, -0.1) is 0 Å². The molecule has 1 heteroatoms. The maximum Gasteiger partial charge on any atom is 0.0582 e. The molecule has 0 bridgehead atoms. The summed E-state index contributed by atoms with van der Waals surface area (Å²) in [4.78, 5) is 0. The molecule has 1 heterocycles. The molecule has 8 aromatic rings. The Morgan fingerprint density at radius 3 is 1.76 bits per heavy atom. The molecule has 0 amide bonds. The van der Waals surface area contributed by atoms with Crippen molar-refractivity contribution in [3.63, 3.8) is 0 Å². The van der Waals surface area contributed by atoms with Crippen LogP contribution in [0.2, 0.25) is 0 Å². The number of fused-ring (bicyclic) bond motifs is 13. The van der Waals surface area contributed by atoms with E-state index >= 15 is 0 Å². The molecule has 1 aliphatic rings. The lowest BCUT2D eigenvalue weighted by molar-refractivity contribution is 1.16. The van der Waals surface area contributed by atoms with Crippen LogP contribution >= 0.6 is 0 Å². The van der Waals surface area contributed by atoms with E-state index in [9.17, 15) is 0 Å². The molecule has 0 saturated heterocycles. The number of benzene rings is 7. The highest BCUT2D eigenvalue weighted by Gasteiger charge is 2.24. The standard InChI is InChI=1S/C37H23N/c1-2-10-25-23(9-1)21-35-30(25)19-20-33-32-15-7-8-16-36(32)38(37(33)35)24-17-18-31-28-13-4-3-11-26(28)27-12-5-6-14-29(27)34(31)22-24/h1-20,22H,21H2. The fourth-order valence-corrected chi connectivity index (χ4v) is 6.99. The topological polar surface area (TPSA) is 4.93 Å². The molecule has 0 fully saturated rings. The highest BCUT2D eigenvalue weighted by molar-refractivity contribution is 6.25. The predicted octanol–water partition coefficient (Wildman–Crippen LogP) is 9.81. The molecule has 0 N–H and O–H groups in total. The van der Waals surface area contributed by atoms with Crippen LogP contribution in [0.1, 0.15) is 11.1 Å². The normalized spacial score (nSPS) is 12.6. The summed E-state index contributed by atoms with van der Waals surface area (Å²) in [7, 11) is 0. The first-order valence-corrected chi connectivity index (χ1v) is 13.3. The number of aromatic nitrogens is 1. The van der Waals surface area contributed by atoms with Gasteiger partial charge in [-0.05, 0) is 72.8 Å². The first-order valence-electron chi connectivity index (χ1n) is 13.3. The van der Waals surface area contributed by atoms with Crippen molar-refractivity contribution in [1.82, 2.24) is 4.57 Å². The summed E-state index contributed by atoms with van der Waals surface area (Å²) < 4.78 is 2.51. The third-order valence-electron chi connectivity index (χ3n) is 8.60. The van der Waals surface area contributed by atoms with Crippen LogP contribution < -0.4 is 0 Å². The maximum atomic E-state index is 2.51. The number of nitrogens with zero attached hydrogens (tertiary/aromatic N) is 1. The number of para-hydroxylation sites is 1. The van der Waals surface area contributed by atoms with Crippen molar-refractivity contribution >= 4 is 54.1 Å². The zero-order chi connectivity index (χ0) is 24.8. The molecule has 0 spiro atoms. The van der Waals surface area contributed by atoms with Crippen molar-refractivity contribution in [2.45, 2.75) is 6.42 Å². The lowest BCUT2D eigenvalue weighted by Crippen LogP contribution is -1.97. The van der Waals surface area contributed by atoms with Gasteiger partial charge in [-0.3, -0.25) is 0 Å². The third kappa shape index (κ3) is 2.55. The van der Waals surface area contributed by atoms with Gasteiger partial charge in [0.2, 0.25) is 0 Å². The average molecular weight is 482 g/mol. The van der Waals surface area contributed by atoms with Crippen molar-refractivity contribution in [2.75, 3.05) is 0 Å². The van der Waals surface area contributed by atoms with Crippen molar-refractivity contribution in [3.8, 4) is 16.8 Å². The Bertz CT molecular complexity index is 2230. The summed E-state index contributed by atoms with van der Waals surface area (Å²) >= 11 is 0. The minimum absolute atomic E-state index is 0.973. The quantitative estimate of drug-likeness (QED) is 0.206. The van der Waals surface area contributed by atoms with Gasteiger partial charge in [-0.25, -0.2) is 0 Å². The van der Waals surface area contributed by atoms with Crippen molar-refractivity contribution in [1.29, 1.82) is 0 Å². The fraction of sp³-hybridized carbons (Fsp3) is 0.0270. The van der Waals surface area contributed by atoms with Crippen molar-refractivity contribution in [2.24, 2.45) is 0 Å². The van der Waals surface area contributed by atoms with Gasteiger partial charge in [0.05, 0.1) is 11.0 Å². The molecule has 38 heavy (non-hydrogen) atoms. The largest absolute Gasteiger partial charge is 0.309 e. The van der Waals surface area contributed by atoms with E-state index in [-0.39, 0.29) is 0 Å². The first kappa shape index (κ1) is 20.2. The Kier molecular flexibility index (Phi) is 3.90. The molecular weight excluding hydrogens is 458 g/mol. The third-order valence-corrected chi connectivity index (χ3v) is 8.60. The molecule has 176 valence electrons. The molecular formula is C37H23N. The number of hydrogen-bond acceptors (Lipinski definition) is 0. The molecule has 0 unspecified atom stereocenters. The second-order valence-corrected chi connectivity index (χ2v) is 10.5. The summed E-state index contributed by atoms with van der Waals surface area (Å²) in [5.74, 6) is 0. The molecule has 0 aliphatic heterocycles. The Morgan fingerprint density at radius 1 is 0.421 bits per heavy atom. The van der Waals surface area contributed by atoms with Crippen LogP contribution in [0.5, 0.6) is 0 Å². The van der Waals surface area contributed by atoms with Gasteiger partial charge in [0.15, 0.2) is 0 Å². The average Bonchev–Trinajstić information content (AvgIpc) is 3.53. The Hall–Kier alpha value is -4.88. The van der Waals surface area contributed by atoms with Crippen LogP contribution in [-0.2, 0) is 6.42 Å². The smallest absolute Gasteiger partial charge is 0.0582 e. The Labute approximate surface area is 220 Å². The monoisotopic (exact) mass is 481 g/mol. The van der Waals surface area contributed by atoms with Crippen LogP contribution in [0.3, 0.4) is 0 Å². The van der Waals surface area contributed by atoms with E-state index in [0.29, 0.717) is 0 Å². The molecule has 0 atom stereocenters. The van der Waals surface area contributed by atoms with Gasteiger partial charge >= 0.3 is 0 Å². The zero-order valence-electron chi connectivity index (χ0n) is 20.8. The number of rotatable bonds is 1. The van der Waals surface area contributed by atoms with E-state index in [2.05, 4.69) is 132 Å². The van der Waals surface area contributed by atoms with Crippen LogP contribution in [0, 0.1) is 0 Å². The zero-order valence-corrected chi connectivity index (χ0v) is 20.8. The molecule has 1 aromatic heterocycles. The highest BCUT2D eigenvalue weighted by atomic mass is 15.0. The molecule has 0 radical (unpaired) electrons. The maximum absolute atomic E-state index is 2.51. The summed E-state index contributed by atoms with van der Waals surface area (Å²) in [6.07, 6.45) is 0.973. The number of hydrogen-bond donors (Lipinski definition) is 0. The minimum atomic E-state index is 0.973. The van der Waals surface area contributed by atoms with Gasteiger partial charge in [-0.1, -0.05) is 109 Å². The van der Waals surface area contributed by atoms with E-state index in [1.165, 1.54) is 82.1 Å². The van der Waals surface area contributed by atoms with E-state index in [1.54, 1.807) is 0 Å². The minimum Gasteiger partial charge on any atom is -0.309 e. The first-order chi connectivity index (χ1) is 18.9. The second-order valence-electron chi connectivity index (χ2n) is 10.5. The van der Waals surface area contributed by atoms with Gasteiger partial charge in [0, 0.05) is 22.9 Å². The Balaban J connectivity index is 1.43. The van der Waals surface area contributed by atoms with Crippen LogP contribution in [-0.4, -0.2) is 4.57 Å². The lowest BCUT2D eigenvalue weighted by atomic mass is 9.94. The molecule has 9 rings (SSSR count). The fourth-order valence-electron chi connectivity index (χ4n) is 6.99. The van der Waals surface area contributed by atoms with E-state index in [0.717, 1.165) is 6.42 Å². The summed E-state index contributed by atoms with van der Waals surface area (Å²) in [5, 5.41) is 10.5. The SMILES string of the molecule is c1ccc2c(c1)Cc1c-2ccc2c3ccccc3n(-c3ccc4c5ccccc5c5ccccc5c4c3)c12.